The number of aryl methyl sites for hydroxylation is 1. The third-order valence-electron chi connectivity index (χ3n) is 4.57. The van der Waals surface area contributed by atoms with Gasteiger partial charge in [-0.25, -0.2) is 4.39 Å². The number of benzene rings is 2. The Morgan fingerprint density at radius 2 is 1.80 bits per heavy atom. The van der Waals surface area contributed by atoms with Gasteiger partial charge < -0.3 is 24.5 Å². The Balaban J connectivity index is 1.43. The van der Waals surface area contributed by atoms with E-state index >= 15 is 0 Å². The van der Waals surface area contributed by atoms with Crippen LogP contribution in [0.2, 0.25) is 0 Å². The first-order chi connectivity index (χ1) is 14.5. The summed E-state index contributed by atoms with van der Waals surface area (Å²) >= 11 is 0. The third-order valence-corrected chi connectivity index (χ3v) is 4.57. The molecule has 0 bridgehead atoms. The second kappa shape index (κ2) is 8.28. The Bertz CT molecular complexity index is 1110. The molecule has 30 heavy (non-hydrogen) atoms. The summed E-state index contributed by atoms with van der Waals surface area (Å²) in [6.07, 6.45) is 1.49. The van der Waals surface area contributed by atoms with Crippen molar-refractivity contribution in [3.8, 4) is 11.5 Å². The molecule has 2 N–H and O–H groups in total. The molecule has 0 unspecified atom stereocenters. The molecule has 2 amide bonds. The Morgan fingerprint density at radius 3 is 2.57 bits per heavy atom. The van der Waals surface area contributed by atoms with Crippen LogP contribution >= 0.6 is 0 Å². The van der Waals surface area contributed by atoms with E-state index in [2.05, 4.69) is 10.6 Å². The zero-order valence-electron chi connectivity index (χ0n) is 16.2. The molecular weight excluding hydrogens is 391 g/mol. The van der Waals surface area contributed by atoms with Crippen LogP contribution in [0.3, 0.4) is 0 Å². The molecule has 7 nitrogen and oxygen atoms in total. The zero-order valence-corrected chi connectivity index (χ0v) is 16.2. The highest BCUT2D eigenvalue weighted by molar-refractivity contribution is 6.05. The standard InChI is InChI=1S/C22H19FN2O5/c1-13-16(6-7-28-13)22(27)25-18-12-15(3-4-17(18)23)24-21(26)11-14-2-5-19-20(10-14)30-9-8-29-19/h2-7,10,12H,8-9,11H2,1H3,(H,24,26)(H,25,27). The minimum atomic E-state index is -0.616. The van der Waals surface area contributed by atoms with Crippen molar-refractivity contribution in [1.82, 2.24) is 0 Å². The summed E-state index contributed by atoms with van der Waals surface area (Å²) in [5, 5.41) is 5.21. The Kier molecular flexibility index (Phi) is 5.38. The van der Waals surface area contributed by atoms with E-state index in [1.807, 2.05) is 0 Å². The van der Waals surface area contributed by atoms with E-state index < -0.39 is 11.7 Å². The fourth-order valence-electron chi connectivity index (χ4n) is 3.10. The summed E-state index contributed by atoms with van der Waals surface area (Å²) in [5.41, 5.74) is 1.38. The number of anilines is 2. The molecule has 0 saturated carbocycles. The van der Waals surface area contributed by atoms with E-state index in [-0.39, 0.29) is 18.0 Å². The summed E-state index contributed by atoms with van der Waals surface area (Å²) in [5.74, 6) is 0.275. The number of ether oxygens (including phenoxy) is 2. The van der Waals surface area contributed by atoms with Crippen LogP contribution in [-0.4, -0.2) is 25.0 Å². The lowest BCUT2D eigenvalue weighted by Crippen LogP contribution is -2.17. The molecule has 0 aliphatic carbocycles. The largest absolute Gasteiger partial charge is 0.486 e. The van der Waals surface area contributed by atoms with Crippen LogP contribution in [0.5, 0.6) is 11.5 Å². The number of halogens is 1. The lowest BCUT2D eigenvalue weighted by Gasteiger charge is -2.18. The molecule has 0 radical (unpaired) electrons. The van der Waals surface area contributed by atoms with E-state index in [1.54, 1.807) is 25.1 Å². The molecule has 0 atom stereocenters. The predicted octanol–water partition coefficient (Wildman–Crippen LogP) is 3.93. The molecule has 4 rings (SSSR count). The number of carbonyl (C=O) groups excluding carboxylic acids is 2. The minimum Gasteiger partial charge on any atom is -0.486 e. The topological polar surface area (TPSA) is 89.8 Å². The highest BCUT2D eigenvalue weighted by Crippen LogP contribution is 2.31. The summed E-state index contributed by atoms with van der Waals surface area (Å²) in [6.45, 7) is 2.60. The number of nitrogens with one attached hydrogen (secondary N) is 2. The van der Waals surface area contributed by atoms with Crippen LogP contribution in [0.15, 0.2) is 53.1 Å². The van der Waals surface area contributed by atoms with Crippen molar-refractivity contribution in [2.45, 2.75) is 13.3 Å². The van der Waals surface area contributed by atoms with Crippen molar-refractivity contribution in [3.05, 3.63) is 71.4 Å². The first-order valence-electron chi connectivity index (χ1n) is 9.33. The van der Waals surface area contributed by atoms with Gasteiger partial charge in [-0.1, -0.05) is 6.07 Å². The fourth-order valence-corrected chi connectivity index (χ4v) is 3.10. The molecule has 1 aliphatic rings. The summed E-state index contributed by atoms with van der Waals surface area (Å²) < 4.78 is 30.2. The highest BCUT2D eigenvalue weighted by atomic mass is 19.1. The van der Waals surface area contributed by atoms with Crippen LogP contribution in [0.4, 0.5) is 15.8 Å². The SMILES string of the molecule is Cc1occc1C(=O)Nc1cc(NC(=O)Cc2ccc3c(c2)OCCO3)ccc1F. The lowest BCUT2D eigenvalue weighted by molar-refractivity contribution is -0.115. The van der Waals surface area contributed by atoms with Crippen molar-refractivity contribution in [2.75, 3.05) is 23.8 Å². The zero-order chi connectivity index (χ0) is 21.1. The number of carbonyl (C=O) groups is 2. The molecule has 0 fully saturated rings. The molecule has 2 aromatic carbocycles. The molecule has 8 heteroatoms. The number of furan rings is 1. The van der Waals surface area contributed by atoms with Gasteiger partial charge in [0.15, 0.2) is 11.5 Å². The van der Waals surface area contributed by atoms with Gasteiger partial charge in [-0.2, -0.15) is 0 Å². The molecule has 1 aromatic heterocycles. The van der Waals surface area contributed by atoms with Crippen molar-refractivity contribution >= 4 is 23.2 Å². The van der Waals surface area contributed by atoms with Gasteiger partial charge in [0.2, 0.25) is 5.91 Å². The number of rotatable bonds is 5. The van der Waals surface area contributed by atoms with Crippen LogP contribution in [0, 0.1) is 12.7 Å². The quantitative estimate of drug-likeness (QED) is 0.665. The molecule has 154 valence electrons. The van der Waals surface area contributed by atoms with Crippen LogP contribution in [0.1, 0.15) is 21.7 Å². The van der Waals surface area contributed by atoms with E-state index in [9.17, 15) is 14.0 Å². The van der Waals surface area contributed by atoms with E-state index in [4.69, 9.17) is 13.9 Å². The van der Waals surface area contributed by atoms with Gasteiger partial charge in [-0.05, 0) is 48.9 Å². The van der Waals surface area contributed by atoms with Crippen molar-refractivity contribution in [2.24, 2.45) is 0 Å². The molecule has 3 aromatic rings. The number of fused-ring (bicyclic) bond motifs is 1. The van der Waals surface area contributed by atoms with Gasteiger partial charge in [0.25, 0.3) is 5.91 Å². The van der Waals surface area contributed by atoms with Crippen LogP contribution in [0.25, 0.3) is 0 Å². The van der Waals surface area contributed by atoms with Gasteiger partial charge in [0.1, 0.15) is 24.8 Å². The van der Waals surface area contributed by atoms with Crippen LogP contribution in [-0.2, 0) is 11.2 Å². The Hall–Kier alpha value is -3.81. The summed E-state index contributed by atoms with van der Waals surface area (Å²) in [7, 11) is 0. The van der Waals surface area contributed by atoms with Crippen molar-refractivity contribution in [3.63, 3.8) is 0 Å². The highest BCUT2D eigenvalue weighted by Gasteiger charge is 2.16. The molecule has 0 spiro atoms. The number of amides is 2. The fraction of sp³-hybridized carbons (Fsp3) is 0.182. The Morgan fingerprint density at radius 1 is 1.00 bits per heavy atom. The van der Waals surface area contributed by atoms with Crippen molar-refractivity contribution in [1.29, 1.82) is 0 Å². The number of hydrogen-bond acceptors (Lipinski definition) is 5. The van der Waals surface area contributed by atoms with E-state index in [0.717, 1.165) is 5.56 Å². The van der Waals surface area contributed by atoms with Gasteiger partial charge in [0.05, 0.1) is 23.9 Å². The van der Waals surface area contributed by atoms with Gasteiger partial charge >= 0.3 is 0 Å². The number of hydrogen-bond donors (Lipinski definition) is 2. The molecule has 0 saturated heterocycles. The third kappa shape index (κ3) is 4.27. The normalized spacial score (nSPS) is 12.3. The van der Waals surface area contributed by atoms with E-state index in [0.29, 0.717) is 41.7 Å². The molecule has 2 heterocycles. The minimum absolute atomic E-state index is 0.0438. The average molecular weight is 410 g/mol. The molecule has 1 aliphatic heterocycles. The monoisotopic (exact) mass is 410 g/mol. The predicted molar refractivity (Wildman–Crippen MR) is 108 cm³/mol. The lowest BCUT2D eigenvalue weighted by atomic mass is 10.1. The maximum Gasteiger partial charge on any atom is 0.259 e. The average Bonchev–Trinajstić information content (AvgIpc) is 3.16. The second-order valence-electron chi connectivity index (χ2n) is 6.74. The Labute approximate surface area is 171 Å². The maximum atomic E-state index is 14.1. The summed E-state index contributed by atoms with van der Waals surface area (Å²) in [6, 6.07) is 10.8. The molecular formula is C22H19FN2O5. The second-order valence-corrected chi connectivity index (χ2v) is 6.74. The maximum absolute atomic E-state index is 14.1. The van der Waals surface area contributed by atoms with Gasteiger partial charge in [-0.15, -0.1) is 0 Å². The smallest absolute Gasteiger partial charge is 0.259 e. The van der Waals surface area contributed by atoms with Crippen LogP contribution < -0.4 is 20.1 Å². The van der Waals surface area contributed by atoms with Gasteiger partial charge in [-0.3, -0.25) is 9.59 Å². The van der Waals surface area contributed by atoms with E-state index in [1.165, 1.54) is 30.5 Å². The van der Waals surface area contributed by atoms with Gasteiger partial charge in [0, 0.05) is 5.69 Å². The van der Waals surface area contributed by atoms with Crippen molar-refractivity contribution < 1.29 is 27.9 Å². The first kappa shape index (κ1) is 19.5. The first-order valence-corrected chi connectivity index (χ1v) is 9.33. The summed E-state index contributed by atoms with van der Waals surface area (Å²) in [4.78, 5) is 24.7.